The first-order valence-electron chi connectivity index (χ1n) is 5.98. The van der Waals surface area contributed by atoms with Gasteiger partial charge in [0, 0.05) is 20.1 Å². The molecule has 1 aliphatic rings. The third-order valence-electron chi connectivity index (χ3n) is 2.63. The molecule has 2 aromatic heterocycles. The molecular weight excluding hydrogens is 286 g/mol. The monoisotopic (exact) mass is 297 g/mol. The summed E-state index contributed by atoms with van der Waals surface area (Å²) in [7, 11) is 1.74. The molecule has 10 heteroatoms. The van der Waals surface area contributed by atoms with E-state index in [4.69, 9.17) is 21.1 Å². The molecule has 3 heterocycles. The quantitative estimate of drug-likeness (QED) is 0.798. The number of aromatic nitrogens is 6. The van der Waals surface area contributed by atoms with Gasteiger partial charge in [0.15, 0.2) is 0 Å². The zero-order valence-electron chi connectivity index (χ0n) is 10.7. The van der Waals surface area contributed by atoms with Crippen molar-refractivity contribution in [2.24, 2.45) is 7.05 Å². The lowest BCUT2D eigenvalue weighted by molar-refractivity contribution is 0.122. The molecule has 0 amide bonds. The average Bonchev–Trinajstić information content (AvgIpc) is 2.84. The highest BCUT2D eigenvalue weighted by Gasteiger charge is 2.17. The fourth-order valence-corrected chi connectivity index (χ4v) is 1.87. The smallest absolute Gasteiger partial charge is 0.343 e. The molecular formula is C10H12ClN7O2. The first-order chi connectivity index (χ1) is 9.70. The zero-order chi connectivity index (χ0) is 13.9. The Bertz CT molecular complexity index is 599. The van der Waals surface area contributed by atoms with E-state index >= 15 is 0 Å². The summed E-state index contributed by atoms with van der Waals surface area (Å²) in [6, 6.07) is 0.223. The van der Waals surface area contributed by atoms with E-state index < -0.39 is 0 Å². The lowest BCUT2D eigenvalue weighted by atomic mass is 10.4. The van der Waals surface area contributed by atoms with E-state index in [0.717, 1.165) is 0 Å². The number of aryl methyl sites for hydroxylation is 1. The normalized spacial score (nSPS) is 15.4. The number of hydrogen-bond acceptors (Lipinski definition) is 8. The van der Waals surface area contributed by atoms with Gasteiger partial charge >= 0.3 is 12.0 Å². The number of anilines is 1. The maximum atomic E-state index is 5.89. The summed E-state index contributed by atoms with van der Waals surface area (Å²) in [5.74, 6) is 0.458. The minimum Gasteiger partial charge on any atom is -0.387 e. The fourth-order valence-electron chi connectivity index (χ4n) is 1.72. The van der Waals surface area contributed by atoms with Crippen molar-refractivity contribution in [1.29, 1.82) is 0 Å². The van der Waals surface area contributed by atoms with Crippen LogP contribution in [0.15, 0.2) is 6.33 Å². The van der Waals surface area contributed by atoms with Crippen LogP contribution >= 0.6 is 11.6 Å². The van der Waals surface area contributed by atoms with Crippen molar-refractivity contribution in [3.8, 4) is 12.0 Å². The van der Waals surface area contributed by atoms with E-state index in [1.165, 1.54) is 11.0 Å². The molecule has 1 saturated heterocycles. The first-order valence-corrected chi connectivity index (χ1v) is 6.36. The van der Waals surface area contributed by atoms with E-state index in [1.807, 2.05) is 4.90 Å². The summed E-state index contributed by atoms with van der Waals surface area (Å²) in [6.07, 6.45) is 1.51. The second kappa shape index (κ2) is 5.55. The molecule has 1 aliphatic heterocycles. The van der Waals surface area contributed by atoms with Crippen molar-refractivity contribution < 1.29 is 9.47 Å². The van der Waals surface area contributed by atoms with Gasteiger partial charge in [-0.1, -0.05) is 0 Å². The second-order valence-electron chi connectivity index (χ2n) is 4.09. The molecule has 0 saturated carbocycles. The van der Waals surface area contributed by atoms with Gasteiger partial charge in [0.2, 0.25) is 11.2 Å². The van der Waals surface area contributed by atoms with Gasteiger partial charge < -0.3 is 14.4 Å². The van der Waals surface area contributed by atoms with E-state index in [-0.39, 0.29) is 17.3 Å². The van der Waals surface area contributed by atoms with Gasteiger partial charge in [-0.3, -0.25) is 4.68 Å². The summed E-state index contributed by atoms with van der Waals surface area (Å²) >= 11 is 5.89. The zero-order valence-corrected chi connectivity index (χ0v) is 11.5. The molecule has 0 atom stereocenters. The second-order valence-corrected chi connectivity index (χ2v) is 4.43. The van der Waals surface area contributed by atoms with Crippen LogP contribution in [0.2, 0.25) is 5.28 Å². The predicted octanol–water partition coefficient (Wildman–Crippen LogP) is 0.282. The van der Waals surface area contributed by atoms with E-state index in [9.17, 15) is 0 Å². The number of hydrogen-bond donors (Lipinski definition) is 0. The van der Waals surface area contributed by atoms with Crippen molar-refractivity contribution >= 4 is 17.5 Å². The van der Waals surface area contributed by atoms with Crippen molar-refractivity contribution in [1.82, 2.24) is 29.7 Å². The van der Waals surface area contributed by atoms with E-state index in [1.54, 1.807) is 7.05 Å². The molecule has 9 nitrogen and oxygen atoms in total. The Balaban J connectivity index is 1.82. The maximum Gasteiger partial charge on any atom is 0.343 e. The Morgan fingerprint density at radius 3 is 2.70 bits per heavy atom. The lowest BCUT2D eigenvalue weighted by Gasteiger charge is -2.26. The van der Waals surface area contributed by atoms with Crippen LogP contribution in [0, 0.1) is 0 Å². The molecule has 0 aliphatic carbocycles. The minimum absolute atomic E-state index is 0.0624. The largest absolute Gasteiger partial charge is 0.387 e. The Hall–Kier alpha value is -2.00. The molecule has 0 spiro atoms. The number of morpholine rings is 1. The molecule has 0 N–H and O–H groups in total. The third kappa shape index (κ3) is 2.94. The van der Waals surface area contributed by atoms with E-state index in [0.29, 0.717) is 32.3 Å². The van der Waals surface area contributed by atoms with Crippen LogP contribution in [-0.2, 0) is 11.8 Å². The van der Waals surface area contributed by atoms with Crippen molar-refractivity contribution in [3.63, 3.8) is 0 Å². The van der Waals surface area contributed by atoms with Crippen LogP contribution in [0.25, 0.3) is 0 Å². The van der Waals surface area contributed by atoms with Crippen LogP contribution in [0.4, 0.5) is 5.95 Å². The topological polar surface area (TPSA) is 91.1 Å². The molecule has 0 unspecified atom stereocenters. The van der Waals surface area contributed by atoms with Crippen LogP contribution in [0.3, 0.4) is 0 Å². The molecule has 106 valence electrons. The van der Waals surface area contributed by atoms with Gasteiger partial charge in [0.25, 0.3) is 0 Å². The highest BCUT2D eigenvalue weighted by Crippen LogP contribution is 2.19. The van der Waals surface area contributed by atoms with Crippen LogP contribution in [0.1, 0.15) is 0 Å². The number of halogens is 1. The predicted molar refractivity (Wildman–Crippen MR) is 68.9 cm³/mol. The van der Waals surface area contributed by atoms with Gasteiger partial charge in [-0.2, -0.15) is 19.9 Å². The first kappa shape index (κ1) is 13.0. The standard InChI is InChI=1S/C10H12ClN7O2/c1-17-6-12-9(16-17)20-10-14-7(11)13-8(15-10)18-2-4-19-5-3-18/h6H,2-5H2,1H3. The summed E-state index contributed by atoms with van der Waals surface area (Å²) in [4.78, 5) is 18.1. The van der Waals surface area contributed by atoms with Crippen molar-refractivity contribution in [3.05, 3.63) is 11.6 Å². The third-order valence-corrected chi connectivity index (χ3v) is 2.80. The van der Waals surface area contributed by atoms with Crippen LogP contribution in [-0.4, -0.2) is 56.0 Å². The Kier molecular flexibility index (Phi) is 3.61. The molecule has 1 fully saturated rings. The summed E-state index contributed by atoms with van der Waals surface area (Å²) in [5.41, 5.74) is 0. The Morgan fingerprint density at radius 2 is 2.00 bits per heavy atom. The van der Waals surface area contributed by atoms with E-state index in [2.05, 4.69) is 25.0 Å². The Labute approximate surface area is 119 Å². The molecule has 20 heavy (non-hydrogen) atoms. The maximum absolute atomic E-state index is 5.89. The number of ether oxygens (including phenoxy) is 2. The SMILES string of the molecule is Cn1cnc(Oc2nc(Cl)nc(N3CCOCC3)n2)n1. The molecule has 0 aromatic carbocycles. The van der Waals surface area contributed by atoms with Crippen LogP contribution in [0.5, 0.6) is 12.0 Å². The summed E-state index contributed by atoms with van der Waals surface area (Å²) < 4.78 is 12.2. The molecule has 2 aromatic rings. The van der Waals surface area contributed by atoms with Crippen molar-refractivity contribution in [2.45, 2.75) is 0 Å². The molecule has 0 bridgehead atoms. The van der Waals surface area contributed by atoms with Crippen LogP contribution < -0.4 is 9.64 Å². The Morgan fingerprint density at radius 1 is 1.20 bits per heavy atom. The van der Waals surface area contributed by atoms with Gasteiger partial charge in [-0.25, -0.2) is 0 Å². The minimum atomic E-state index is 0.0624. The van der Waals surface area contributed by atoms with Crippen molar-refractivity contribution in [2.75, 3.05) is 31.2 Å². The van der Waals surface area contributed by atoms with Gasteiger partial charge in [0.05, 0.1) is 13.2 Å². The fraction of sp³-hybridized carbons (Fsp3) is 0.500. The van der Waals surface area contributed by atoms with Gasteiger partial charge in [0.1, 0.15) is 6.33 Å². The molecule has 0 radical (unpaired) electrons. The molecule has 3 rings (SSSR count). The summed E-state index contributed by atoms with van der Waals surface area (Å²) in [5, 5.41) is 4.05. The highest BCUT2D eigenvalue weighted by atomic mass is 35.5. The van der Waals surface area contributed by atoms with Gasteiger partial charge in [-0.05, 0) is 11.6 Å². The summed E-state index contributed by atoms with van der Waals surface area (Å²) in [6.45, 7) is 2.64. The average molecular weight is 298 g/mol. The highest BCUT2D eigenvalue weighted by molar-refractivity contribution is 6.28. The number of nitrogens with zero attached hydrogens (tertiary/aromatic N) is 7. The van der Waals surface area contributed by atoms with Gasteiger partial charge in [-0.15, -0.1) is 5.10 Å². The lowest BCUT2D eigenvalue weighted by Crippen LogP contribution is -2.37. The number of rotatable bonds is 3.